The summed E-state index contributed by atoms with van der Waals surface area (Å²) in [6.45, 7) is 8.12. The molecule has 0 saturated carbocycles. The van der Waals surface area contributed by atoms with Crippen LogP contribution in [0.2, 0.25) is 0 Å². The van der Waals surface area contributed by atoms with E-state index in [2.05, 4.69) is 13.8 Å². The van der Waals surface area contributed by atoms with Crippen molar-refractivity contribution in [1.82, 2.24) is 4.90 Å². The molecule has 0 aliphatic heterocycles. The molecular formula is C13H21NOS. The molecule has 3 heteroatoms. The second kappa shape index (κ2) is 6.69. The quantitative estimate of drug-likeness (QED) is 0.742. The summed E-state index contributed by atoms with van der Waals surface area (Å²) >= 11 is 1.58. The topological polar surface area (TPSA) is 20.3 Å². The third kappa shape index (κ3) is 3.34. The predicted molar refractivity (Wildman–Crippen MR) is 70.0 cm³/mol. The monoisotopic (exact) mass is 239 g/mol. The lowest BCUT2D eigenvalue weighted by Gasteiger charge is -2.25. The van der Waals surface area contributed by atoms with Crippen molar-refractivity contribution in [1.29, 1.82) is 0 Å². The smallest absolute Gasteiger partial charge is 0.254 e. The van der Waals surface area contributed by atoms with Crippen LogP contribution in [0.15, 0.2) is 16.8 Å². The Kier molecular flexibility index (Phi) is 5.53. The number of hydrogen-bond donors (Lipinski definition) is 0. The Labute approximate surface area is 102 Å². The van der Waals surface area contributed by atoms with E-state index in [0.717, 1.165) is 31.5 Å². The van der Waals surface area contributed by atoms with E-state index >= 15 is 0 Å². The van der Waals surface area contributed by atoms with Gasteiger partial charge in [-0.3, -0.25) is 4.79 Å². The number of amides is 1. The van der Waals surface area contributed by atoms with Crippen molar-refractivity contribution in [3.63, 3.8) is 0 Å². The van der Waals surface area contributed by atoms with Crippen LogP contribution in [-0.2, 0) is 0 Å². The van der Waals surface area contributed by atoms with Gasteiger partial charge in [0.05, 0.1) is 5.56 Å². The van der Waals surface area contributed by atoms with E-state index < -0.39 is 0 Å². The molecule has 0 saturated heterocycles. The van der Waals surface area contributed by atoms with Crippen LogP contribution in [0.4, 0.5) is 0 Å². The van der Waals surface area contributed by atoms with Crippen LogP contribution in [0.25, 0.3) is 0 Å². The molecule has 0 N–H and O–H groups in total. The van der Waals surface area contributed by atoms with E-state index in [-0.39, 0.29) is 5.91 Å². The SMILES string of the molecule is CCC(CC)CN(CC)C(=O)c1ccsc1. The summed E-state index contributed by atoms with van der Waals surface area (Å²) in [6.07, 6.45) is 2.29. The molecule has 0 aliphatic carbocycles. The lowest BCUT2D eigenvalue weighted by atomic mass is 10.0. The molecule has 1 aromatic heterocycles. The Morgan fingerprint density at radius 3 is 2.50 bits per heavy atom. The number of nitrogens with zero attached hydrogens (tertiary/aromatic N) is 1. The first-order chi connectivity index (χ1) is 7.72. The fourth-order valence-electron chi connectivity index (χ4n) is 1.78. The third-order valence-electron chi connectivity index (χ3n) is 3.07. The number of hydrogen-bond acceptors (Lipinski definition) is 2. The van der Waals surface area contributed by atoms with Crippen molar-refractivity contribution in [2.75, 3.05) is 13.1 Å². The van der Waals surface area contributed by atoms with Crippen LogP contribution in [-0.4, -0.2) is 23.9 Å². The zero-order chi connectivity index (χ0) is 12.0. The molecule has 2 nitrogen and oxygen atoms in total. The Bertz CT molecular complexity index is 304. The molecule has 90 valence electrons. The molecule has 1 aromatic rings. The van der Waals surface area contributed by atoms with Gasteiger partial charge in [0.2, 0.25) is 0 Å². The highest BCUT2D eigenvalue weighted by Gasteiger charge is 2.17. The van der Waals surface area contributed by atoms with Gasteiger partial charge in [0.15, 0.2) is 0 Å². The van der Waals surface area contributed by atoms with Crippen molar-refractivity contribution in [2.45, 2.75) is 33.6 Å². The molecule has 0 fully saturated rings. The van der Waals surface area contributed by atoms with Crippen LogP contribution in [0, 0.1) is 5.92 Å². The Morgan fingerprint density at radius 2 is 2.06 bits per heavy atom. The van der Waals surface area contributed by atoms with Gasteiger partial charge in [-0.1, -0.05) is 26.7 Å². The fraction of sp³-hybridized carbons (Fsp3) is 0.615. The third-order valence-corrected chi connectivity index (χ3v) is 3.75. The lowest BCUT2D eigenvalue weighted by molar-refractivity contribution is 0.0735. The molecule has 0 aromatic carbocycles. The van der Waals surface area contributed by atoms with Gasteiger partial charge in [-0.05, 0) is 24.3 Å². The van der Waals surface area contributed by atoms with Gasteiger partial charge in [0.25, 0.3) is 5.91 Å². The van der Waals surface area contributed by atoms with Crippen LogP contribution in [0.3, 0.4) is 0 Å². The lowest BCUT2D eigenvalue weighted by Crippen LogP contribution is -2.34. The summed E-state index contributed by atoms with van der Waals surface area (Å²) in [6, 6.07) is 1.91. The zero-order valence-electron chi connectivity index (χ0n) is 10.4. The van der Waals surface area contributed by atoms with Crippen molar-refractivity contribution >= 4 is 17.2 Å². The Hall–Kier alpha value is -0.830. The number of rotatable bonds is 6. The van der Waals surface area contributed by atoms with E-state index in [9.17, 15) is 4.79 Å². The fourth-order valence-corrected chi connectivity index (χ4v) is 2.41. The second-order valence-electron chi connectivity index (χ2n) is 4.04. The summed E-state index contributed by atoms with van der Waals surface area (Å²) in [4.78, 5) is 14.1. The van der Waals surface area contributed by atoms with Gasteiger partial charge < -0.3 is 4.90 Å². The minimum atomic E-state index is 0.177. The van der Waals surface area contributed by atoms with Crippen LogP contribution in [0.5, 0.6) is 0 Å². The maximum atomic E-state index is 12.1. The molecule has 0 atom stereocenters. The maximum absolute atomic E-state index is 12.1. The zero-order valence-corrected chi connectivity index (χ0v) is 11.2. The molecule has 1 rings (SSSR count). The van der Waals surface area contributed by atoms with Crippen LogP contribution in [0.1, 0.15) is 44.0 Å². The summed E-state index contributed by atoms with van der Waals surface area (Å²) < 4.78 is 0. The van der Waals surface area contributed by atoms with Gasteiger partial charge in [0.1, 0.15) is 0 Å². The molecule has 0 aliphatic rings. The first-order valence-electron chi connectivity index (χ1n) is 6.04. The molecule has 0 spiro atoms. The van der Waals surface area contributed by atoms with E-state index in [1.165, 1.54) is 0 Å². The second-order valence-corrected chi connectivity index (χ2v) is 4.82. The Morgan fingerprint density at radius 1 is 1.38 bits per heavy atom. The molecule has 0 bridgehead atoms. The molecule has 1 heterocycles. The molecule has 1 amide bonds. The Balaban J connectivity index is 2.64. The summed E-state index contributed by atoms with van der Waals surface area (Å²) in [5.41, 5.74) is 0.831. The van der Waals surface area contributed by atoms with Crippen molar-refractivity contribution in [3.05, 3.63) is 22.4 Å². The van der Waals surface area contributed by atoms with Crippen LogP contribution >= 0.6 is 11.3 Å². The van der Waals surface area contributed by atoms with Gasteiger partial charge in [-0.15, -0.1) is 0 Å². The first-order valence-corrected chi connectivity index (χ1v) is 6.98. The van der Waals surface area contributed by atoms with Gasteiger partial charge in [-0.2, -0.15) is 11.3 Å². The summed E-state index contributed by atoms with van der Waals surface area (Å²) in [5, 5.41) is 3.89. The highest BCUT2D eigenvalue weighted by Crippen LogP contribution is 2.14. The standard InChI is InChI=1S/C13H21NOS/c1-4-11(5-2)9-14(6-3)13(15)12-7-8-16-10-12/h7-8,10-11H,4-6,9H2,1-3H3. The first kappa shape index (κ1) is 13.2. The molecule has 0 unspecified atom stereocenters. The molecule has 0 radical (unpaired) electrons. The summed E-state index contributed by atoms with van der Waals surface area (Å²) in [5.74, 6) is 0.804. The van der Waals surface area contributed by atoms with Gasteiger partial charge in [0, 0.05) is 18.5 Å². The predicted octanol–water partition coefficient (Wildman–Crippen LogP) is 3.65. The number of thiophene rings is 1. The number of carbonyl (C=O) groups excluding carboxylic acids is 1. The molecule has 16 heavy (non-hydrogen) atoms. The highest BCUT2D eigenvalue weighted by molar-refractivity contribution is 7.08. The van der Waals surface area contributed by atoms with E-state index in [4.69, 9.17) is 0 Å². The van der Waals surface area contributed by atoms with Gasteiger partial charge >= 0.3 is 0 Å². The van der Waals surface area contributed by atoms with E-state index in [0.29, 0.717) is 5.92 Å². The normalized spacial score (nSPS) is 10.8. The minimum Gasteiger partial charge on any atom is -0.339 e. The van der Waals surface area contributed by atoms with Crippen molar-refractivity contribution in [2.24, 2.45) is 5.92 Å². The van der Waals surface area contributed by atoms with Gasteiger partial charge in [-0.25, -0.2) is 0 Å². The highest BCUT2D eigenvalue weighted by atomic mass is 32.1. The molecular weight excluding hydrogens is 218 g/mol. The van der Waals surface area contributed by atoms with Crippen molar-refractivity contribution in [3.8, 4) is 0 Å². The number of carbonyl (C=O) groups is 1. The largest absolute Gasteiger partial charge is 0.339 e. The van der Waals surface area contributed by atoms with Crippen LogP contribution < -0.4 is 0 Å². The van der Waals surface area contributed by atoms with E-state index in [1.807, 2.05) is 28.7 Å². The average molecular weight is 239 g/mol. The summed E-state index contributed by atoms with van der Waals surface area (Å²) in [7, 11) is 0. The van der Waals surface area contributed by atoms with E-state index in [1.54, 1.807) is 11.3 Å². The van der Waals surface area contributed by atoms with Crippen molar-refractivity contribution < 1.29 is 4.79 Å². The average Bonchev–Trinajstić information content (AvgIpc) is 2.83. The minimum absolute atomic E-state index is 0.177. The maximum Gasteiger partial charge on any atom is 0.254 e.